The second-order valence-electron chi connectivity index (χ2n) is 3.76. The first-order chi connectivity index (χ1) is 9.26. The summed E-state index contributed by atoms with van der Waals surface area (Å²) in [6.45, 7) is 0.377. The molecule has 0 aliphatic rings. The minimum atomic E-state index is 0.377. The highest BCUT2D eigenvalue weighted by Crippen LogP contribution is 2.26. The first-order valence-corrected chi connectivity index (χ1v) is 6.27. The van der Waals surface area contributed by atoms with Gasteiger partial charge in [-0.15, -0.1) is 14.8 Å². The molecule has 0 aliphatic carbocycles. The van der Waals surface area contributed by atoms with E-state index in [1.165, 1.54) is 4.63 Å². The summed E-state index contributed by atoms with van der Waals surface area (Å²) in [6, 6.07) is 9.05. The molecule has 19 heavy (non-hydrogen) atoms. The minimum absolute atomic E-state index is 0.377. The van der Waals surface area contributed by atoms with Crippen LogP contribution < -0.4 is 10.5 Å². The molecule has 0 spiro atoms. The van der Waals surface area contributed by atoms with Crippen LogP contribution in [0.3, 0.4) is 0 Å². The lowest BCUT2D eigenvalue weighted by atomic mass is 10.2. The summed E-state index contributed by atoms with van der Waals surface area (Å²) in [5.74, 6) is 1.06. The molecule has 0 saturated heterocycles. The zero-order valence-electron chi connectivity index (χ0n) is 9.69. The fourth-order valence-corrected chi connectivity index (χ4v) is 2.02. The zero-order chi connectivity index (χ0) is 13.2. The molecule has 96 valence electrons. The Morgan fingerprint density at radius 3 is 3.00 bits per heavy atom. The molecule has 1 aromatic carbocycles. The zero-order valence-corrected chi connectivity index (χ0v) is 11.3. The van der Waals surface area contributed by atoms with Crippen LogP contribution in [0.25, 0.3) is 5.65 Å². The van der Waals surface area contributed by atoms with Crippen molar-refractivity contribution in [3.63, 3.8) is 0 Å². The van der Waals surface area contributed by atoms with Crippen LogP contribution in [0.15, 0.2) is 34.8 Å². The molecule has 2 aromatic heterocycles. The number of hydrogen-bond donors (Lipinski definition) is 1. The molecule has 2 N–H and O–H groups in total. The van der Waals surface area contributed by atoms with Crippen molar-refractivity contribution in [3.05, 3.63) is 40.4 Å². The van der Waals surface area contributed by atoms with Crippen LogP contribution in [0.2, 0.25) is 0 Å². The predicted molar refractivity (Wildman–Crippen MR) is 70.7 cm³/mol. The Hall–Kier alpha value is -2.06. The van der Waals surface area contributed by atoms with Crippen molar-refractivity contribution in [2.75, 3.05) is 0 Å². The number of aromatic nitrogens is 5. The van der Waals surface area contributed by atoms with Crippen molar-refractivity contribution in [1.82, 2.24) is 25.3 Å². The van der Waals surface area contributed by atoms with E-state index in [0.717, 1.165) is 10.0 Å². The van der Waals surface area contributed by atoms with E-state index in [-0.39, 0.29) is 0 Å². The molecular formula is C11H9BrN6O. The smallest absolute Gasteiger partial charge is 0.239 e. The number of nitrogens with zero attached hydrogens (tertiary/aromatic N) is 5. The Balaban J connectivity index is 1.95. The summed E-state index contributed by atoms with van der Waals surface area (Å²) in [6.07, 6.45) is 0. The number of rotatable bonds is 3. The minimum Gasteiger partial charge on any atom is -0.437 e. The van der Waals surface area contributed by atoms with Crippen molar-refractivity contribution in [2.45, 2.75) is 6.54 Å². The van der Waals surface area contributed by atoms with Crippen molar-refractivity contribution in [1.29, 1.82) is 0 Å². The fourth-order valence-electron chi connectivity index (χ4n) is 1.61. The standard InChI is InChI=1S/C11H9BrN6O/c12-8-1-2-9(7(5-8)6-13)19-11-4-3-10-14-16-17-18(10)15-11/h1-5H,6,13H2. The van der Waals surface area contributed by atoms with Gasteiger partial charge in [0.2, 0.25) is 5.88 Å². The van der Waals surface area contributed by atoms with Gasteiger partial charge in [-0.1, -0.05) is 15.9 Å². The summed E-state index contributed by atoms with van der Waals surface area (Å²) in [4.78, 5) is 0. The monoisotopic (exact) mass is 320 g/mol. The molecule has 0 aliphatic heterocycles. The second-order valence-corrected chi connectivity index (χ2v) is 4.67. The Kier molecular flexibility index (Phi) is 3.10. The fraction of sp³-hybridized carbons (Fsp3) is 0.0909. The lowest BCUT2D eigenvalue weighted by Crippen LogP contribution is -2.02. The van der Waals surface area contributed by atoms with Gasteiger partial charge in [0.1, 0.15) is 5.75 Å². The Morgan fingerprint density at radius 1 is 1.26 bits per heavy atom. The Bertz CT molecular complexity index is 728. The van der Waals surface area contributed by atoms with Crippen molar-refractivity contribution in [2.24, 2.45) is 5.73 Å². The molecule has 0 unspecified atom stereocenters. The van der Waals surface area contributed by atoms with Gasteiger partial charge in [0.15, 0.2) is 5.65 Å². The van der Waals surface area contributed by atoms with E-state index < -0.39 is 0 Å². The predicted octanol–water partition coefficient (Wildman–Crippen LogP) is 1.53. The lowest BCUT2D eigenvalue weighted by molar-refractivity contribution is 0.442. The molecule has 3 aromatic rings. The Labute approximate surface area is 116 Å². The van der Waals surface area contributed by atoms with Crippen molar-refractivity contribution < 1.29 is 4.74 Å². The lowest BCUT2D eigenvalue weighted by Gasteiger charge is -2.09. The summed E-state index contributed by atoms with van der Waals surface area (Å²) >= 11 is 3.39. The highest BCUT2D eigenvalue weighted by atomic mass is 79.9. The highest BCUT2D eigenvalue weighted by molar-refractivity contribution is 9.10. The summed E-state index contributed by atoms with van der Waals surface area (Å²) in [7, 11) is 0. The molecule has 3 rings (SSSR count). The van der Waals surface area contributed by atoms with Crippen molar-refractivity contribution in [3.8, 4) is 11.6 Å². The molecular weight excluding hydrogens is 312 g/mol. The van der Waals surface area contributed by atoms with Gasteiger partial charge in [-0.2, -0.15) is 0 Å². The van der Waals surface area contributed by atoms with E-state index >= 15 is 0 Å². The summed E-state index contributed by atoms with van der Waals surface area (Å²) < 4.78 is 7.95. The molecule has 0 atom stereocenters. The first kappa shape index (κ1) is 12.0. The van der Waals surface area contributed by atoms with Crippen LogP contribution in [0, 0.1) is 0 Å². The highest BCUT2D eigenvalue weighted by Gasteiger charge is 2.07. The number of ether oxygens (including phenoxy) is 1. The molecule has 0 fully saturated rings. The van der Waals surface area contributed by atoms with Gasteiger partial charge in [-0.05, 0) is 34.7 Å². The van der Waals surface area contributed by atoms with Crippen LogP contribution in [0.1, 0.15) is 5.56 Å². The van der Waals surface area contributed by atoms with Gasteiger partial charge in [-0.25, -0.2) is 0 Å². The van der Waals surface area contributed by atoms with Crippen LogP contribution in [0.5, 0.6) is 11.6 Å². The maximum Gasteiger partial charge on any atom is 0.239 e. The van der Waals surface area contributed by atoms with Crippen LogP contribution in [-0.4, -0.2) is 25.3 Å². The molecule has 0 radical (unpaired) electrons. The topological polar surface area (TPSA) is 91.2 Å². The number of nitrogens with two attached hydrogens (primary N) is 1. The number of tetrazole rings is 1. The number of fused-ring (bicyclic) bond motifs is 1. The molecule has 0 bridgehead atoms. The Morgan fingerprint density at radius 2 is 2.16 bits per heavy atom. The van der Waals surface area contributed by atoms with E-state index in [1.54, 1.807) is 12.1 Å². The van der Waals surface area contributed by atoms with E-state index in [9.17, 15) is 0 Å². The number of halogens is 1. The van der Waals surface area contributed by atoms with E-state index in [0.29, 0.717) is 23.8 Å². The van der Waals surface area contributed by atoms with E-state index in [2.05, 4.69) is 36.6 Å². The molecule has 0 saturated carbocycles. The first-order valence-electron chi connectivity index (χ1n) is 5.48. The van der Waals surface area contributed by atoms with E-state index in [4.69, 9.17) is 10.5 Å². The number of benzene rings is 1. The maximum absolute atomic E-state index is 5.70. The average molecular weight is 321 g/mol. The van der Waals surface area contributed by atoms with Crippen LogP contribution in [-0.2, 0) is 6.54 Å². The maximum atomic E-state index is 5.70. The molecule has 7 nitrogen and oxygen atoms in total. The molecule has 2 heterocycles. The molecule has 8 heteroatoms. The third-order valence-electron chi connectivity index (χ3n) is 2.50. The van der Waals surface area contributed by atoms with Crippen molar-refractivity contribution >= 4 is 21.6 Å². The van der Waals surface area contributed by atoms with Gasteiger partial charge in [0, 0.05) is 22.6 Å². The SMILES string of the molecule is NCc1cc(Br)ccc1Oc1ccc2nnnn2n1. The quantitative estimate of drug-likeness (QED) is 0.787. The van der Waals surface area contributed by atoms with Crippen LogP contribution >= 0.6 is 15.9 Å². The number of hydrogen-bond acceptors (Lipinski definition) is 6. The summed E-state index contributed by atoms with van der Waals surface area (Å²) in [5, 5.41) is 15.1. The molecule has 0 amide bonds. The van der Waals surface area contributed by atoms with Gasteiger partial charge < -0.3 is 10.5 Å². The van der Waals surface area contributed by atoms with Crippen LogP contribution in [0.4, 0.5) is 0 Å². The summed E-state index contributed by atoms with van der Waals surface area (Å²) in [5.41, 5.74) is 7.13. The van der Waals surface area contributed by atoms with Gasteiger partial charge >= 0.3 is 0 Å². The third kappa shape index (κ3) is 2.40. The third-order valence-corrected chi connectivity index (χ3v) is 3.00. The second kappa shape index (κ2) is 4.90. The van der Waals surface area contributed by atoms with Gasteiger partial charge in [-0.3, -0.25) is 0 Å². The average Bonchev–Trinajstić information content (AvgIpc) is 2.88. The van der Waals surface area contributed by atoms with Gasteiger partial charge in [0.25, 0.3) is 0 Å². The van der Waals surface area contributed by atoms with Gasteiger partial charge in [0.05, 0.1) is 0 Å². The largest absolute Gasteiger partial charge is 0.437 e. The normalized spacial score (nSPS) is 10.8. The van der Waals surface area contributed by atoms with E-state index in [1.807, 2.05) is 18.2 Å².